The molecule has 2 heterocycles. The van der Waals surface area contributed by atoms with Gasteiger partial charge in [0, 0.05) is 38.6 Å². The van der Waals surface area contributed by atoms with Crippen molar-refractivity contribution in [2.24, 2.45) is 0 Å². The van der Waals surface area contributed by atoms with Crippen LogP contribution in [0.4, 0.5) is 0 Å². The number of imidazole rings is 1. The second-order valence-corrected chi connectivity index (χ2v) is 9.45. The van der Waals surface area contributed by atoms with Gasteiger partial charge in [-0.1, -0.05) is 18.2 Å². The van der Waals surface area contributed by atoms with E-state index in [4.69, 9.17) is 18.9 Å². The summed E-state index contributed by atoms with van der Waals surface area (Å²) in [5.41, 5.74) is 1.10. The highest BCUT2D eigenvalue weighted by Gasteiger charge is 2.33. The molecule has 1 atom stereocenters. The lowest BCUT2D eigenvalue weighted by molar-refractivity contribution is -0.0646. The van der Waals surface area contributed by atoms with E-state index in [1.54, 1.807) is 7.11 Å². The standard InChI is InChI=1S/C28H37N3O5/c1-22-6-4-7-25(16-22)36-21-28(32)19-30(13-15-34-20-28)18-24-8-9-26(33-3)27(17-24)35-14-5-11-31-12-10-29-23(31)2/h4,6-10,12,16-17,32H,5,11,13-15,18-21H2,1-3H3/t28-/m1/s1. The fraction of sp³-hybridized carbons (Fsp3) is 0.464. The van der Waals surface area contributed by atoms with Gasteiger partial charge in [0.05, 0.1) is 26.9 Å². The average molecular weight is 496 g/mol. The van der Waals surface area contributed by atoms with Gasteiger partial charge >= 0.3 is 0 Å². The first-order valence-corrected chi connectivity index (χ1v) is 12.4. The Hall–Kier alpha value is -3.07. The van der Waals surface area contributed by atoms with E-state index in [9.17, 15) is 5.11 Å². The van der Waals surface area contributed by atoms with E-state index in [2.05, 4.69) is 14.5 Å². The summed E-state index contributed by atoms with van der Waals surface area (Å²) in [7, 11) is 1.65. The molecule has 2 aromatic carbocycles. The number of aromatic nitrogens is 2. The summed E-state index contributed by atoms with van der Waals surface area (Å²) >= 11 is 0. The number of ether oxygens (including phenoxy) is 4. The van der Waals surface area contributed by atoms with Crippen LogP contribution < -0.4 is 14.2 Å². The summed E-state index contributed by atoms with van der Waals surface area (Å²) in [5, 5.41) is 11.3. The van der Waals surface area contributed by atoms with Gasteiger partial charge in [-0.2, -0.15) is 0 Å². The molecule has 1 aromatic heterocycles. The highest BCUT2D eigenvalue weighted by Crippen LogP contribution is 2.29. The van der Waals surface area contributed by atoms with Gasteiger partial charge in [0.25, 0.3) is 0 Å². The minimum atomic E-state index is -1.10. The third-order valence-corrected chi connectivity index (χ3v) is 6.30. The van der Waals surface area contributed by atoms with Crippen molar-refractivity contribution in [3.63, 3.8) is 0 Å². The Morgan fingerprint density at radius 2 is 2.00 bits per heavy atom. The Bertz CT molecular complexity index is 1120. The monoisotopic (exact) mass is 495 g/mol. The molecule has 0 saturated carbocycles. The Morgan fingerprint density at radius 1 is 1.11 bits per heavy atom. The largest absolute Gasteiger partial charge is 0.493 e. The normalized spacial score (nSPS) is 18.6. The minimum absolute atomic E-state index is 0.167. The number of benzene rings is 2. The van der Waals surface area contributed by atoms with Crippen LogP contribution in [0.3, 0.4) is 0 Å². The summed E-state index contributed by atoms with van der Waals surface area (Å²) in [5.74, 6) is 3.18. The van der Waals surface area contributed by atoms with E-state index in [0.29, 0.717) is 32.1 Å². The van der Waals surface area contributed by atoms with Crippen molar-refractivity contribution in [2.75, 3.05) is 46.6 Å². The third-order valence-electron chi connectivity index (χ3n) is 6.30. The van der Waals surface area contributed by atoms with Crippen molar-refractivity contribution in [3.8, 4) is 17.2 Å². The van der Waals surface area contributed by atoms with E-state index in [-0.39, 0.29) is 13.2 Å². The molecule has 3 aromatic rings. The molecule has 1 aliphatic heterocycles. The molecule has 1 N–H and O–H groups in total. The van der Waals surface area contributed by atoms with Gasteiger partial charge in [0.2, 0.25) is 0 Å². The second-order valence-electron chi connectivity index (χ2n) is 9.45. The summed E-state index contributed by atoms with van der Waals surface area (Å²) < 4.78 is 25.4. The lowest BCUT2D eigenvalue weighted by atomic mass is 10.1. The molecule has 1 saturated heterocycles. The number of hydrogen-bond acceptors (Lipinski definition) is 7. The van der Waals surface area contributed by atoms with Gasteiger partial charge in [-0.25, -0.2) is 4.98 Å². The molecule has 0 aliphatic carbocycles. The number of methoxy groups -OCH3 is 1. The van der Waals surface area contributed by atoms with E-state index < -0.39 is 5.60 Å². The Labute approximate surface area is 213 Å². The van der Waals surface area contributed by atoms with Crippen LogP contribution in [0.1, 0.15) is 23.4 Å². The molecule has 0 spiro atoms. The topological polar surface area (TPSA) is 78.2 Å². The van der Waals surface area contributed by atoms with Crippen LogP contribution in [0, 0.1) is 13.8 Å². The van der Waals surface area contributed by atoms with Gasteiger partial charge in [-0.15, -0.1) is 0 Å². The maximum absolute atomic E-state index is 11.3. The number of aliphatic hydroxyl groups is 1. The first kappa shape index (κ1) is 26.0. The minimum Gasteiger partial charge on any atom is -0.493 e. The maximum atomic E-state index is 11.3. The maximum Gasteiger partial charge on any atom is 0.161 e. The first-order chi connectivity index (χ1) is 17.4. The number of β-amino-alcohol motifs (C(OH)–C–C–N with tert-alkyl or cyclic N) is 1. The van der Waals surface area contributed by atoms with Gasteiger partial charge in [-0.3, -0.25) is 4.90 Å². The first-order valence-electron chi connectivity index (χ1n) is 12.4. The molecule has 4 rings (SSSR count). The van der Waals surface area contributed by atoms with E-state index in [1.807, 2.05) is 68.7 Å². The zero-order valence-corrected chi connectivity index (χ0v) is 21.5. The van der Waals surface area contributed by atoms with Crippen molar-refractivity contribution in [1.82, 2.24) is 14.5 Å². The van der Waals surface area contributed by atoms with Crippen LogP contribution in [0.2, 0.25) is 0 Å². The fourth-order valence-electron chi connectivity index (χ4n) is 4.39. The van der Waals surface area contributed by atoms with Crippen LogP contribution in [0.25, 0.3) is 0 Å². The quantitative estimate of drug-likeness (QED) is 0.407. The lowest BCUT2D eigenvalue weighted by Crippen LogP contribution is -2.48. The van der Waals surface area contributed by atoms with Crippen LogP contribution in [0.15, 0.2) is 54.9 Å². The summed E-state index contributed by atoms with van der Waals surface area (Å²) in [6.07, 6.45) is 4.66. The third kappa shape index (κ3) is 7.22. The van der Waals surface area contributed by atoms with Gasteiger partial charge in [0.15, 0.2) is 11.5 Å². The smallest absolute Gasteiger partial charge is 0.161 e. The van der Waals surface area contributed by atoms with E-state index >= 15 is 0 Å². The van der Waals surface area contributed by atoms with Crippen LogP contribution in [0.5, 0.6) is 17.2 Å². The molecule has 0 amide bonds. The lowest BCUT2D eigenvalue weighted by Gasteiger charge is -2.30. The fourth-order valence-corrected chi connectivity index (χ4v) is 4.39. The van der Waals surface area contributed by atoms with Crippen LogP contribution in [-0.2, 0) is 17.8 Å². The molecule has 1 fully saturated rings. The molecule has 36 heavy (non-hydrogen) atoms. The summed E-state index contributed by atoms with van der Waals surface area (Å²) in [4.78, 5) is 6.45. The van der Waals surface area contributed by atoms with Crippen molar-refractivity contribution in [3.05, 3.63) is 71.8 Å². The van der Waals surface area contributed by atoms with Crippen LogP contribution in [-0.4, -0.2) is 71.8 Å². The van der Waals surface area contributed by atoms with Crippen molar-refractivity contribution in [1.29, 1.82) is 0 Å². The highest BCUT2D eigenvalue weighted by molar-refractivity contribution is 5.43. The number of aryl methyl sites for hydroxylation is 3. The Kier molecular flexibility index (Phi) is 8.85. The van der Waals surface area contributed by atoms with Crippen molar-refractivity contribution < 1.29 is 24.1 Å². The zero-order valence-electron chi connectivity index (χ0n) is 21.5. The molecular weight excluding hydrogens is 458 g/mol. The zero-order chi connectivity index (χ0) is 25.4. The SMILES string of the molecule is COc1ccc(CN2CCOC[C@@](O)(COc3cccc(C)c3)C2)cc1OCCCn1ccnc1C. The van der Waals surface area contributed by atoms with Crippen molar-refractivity contribution >= 4 is 0 Å². The van der Waals surface area contributed by atoms with Crippen molar-refractivity contribution in [2.45, 2.75) is 39.0 Å². The van der Waals surface area contributed by atoms with Gasteiger partial charge in [-0.05, 0) is 55.7 Å². The number of rotatable bonds is 11. The van der Waals surface area contributed by atoms with E-state index in [0.717, 1.165) is 48.0 Å². The predicted molar refractivity (Wildman–Crippen MR) is 138 cm³/mol. The van der Waals surface area contributed by atoms with Gasteiger partial charge < -0.3 is 28.6 Å². The second kappa shape index (κ2) is 12.3. The molecule has 1 aliphatic rings. The predicted octanol–water partition coefficient (Wildman–Crippen LogP) is 3.62. The molecule has 0 bridgehead atoms. The van der Waals surface area contributed by atoms with Crippen LogP contribution >= 0.6 is 0 Å². The van der Waals surface area contributed by atoms with E-state index in [1.165, 1.54) is 0 Å². The van der Waals surface area contributed by atoms with Gasteiger partial charge in [0.1, 0.15) is 23.8 Å². The molecular formula is C28H37N3O5. The molecule has 8 heteroatoms. The Balaban J connectivity index is 1.35. The highest BCUT2D eigenvalue weighted by atomic mass is 16.5. The number of hydrogen-bond donors (Lipinski definition) is 1. The summed E-state index contributed by atoms with van der Waals surface area (Å²) in [6.45, 7) is 8.23. The molecule has 0 unspecified atom stereocenters. The molecule has 8 nitrogen and oxygen atoms in total. The summed E-state index contributed by atoms with van der Waals surface area (Å²) in [6, 6.07) is 13.8. The number of nitrogens with zero attached hydrogens (tertiary/aromatic N) is 3. The Morgan fingerprint density at radius 3 is 2.78 bits per heavy atom. The molecule has 0 radical (unpaired) electrons. The molecule has 194 valence electrons. The average Bonchev–Trinajstić information content (AvgIpc) is 3.18.